The van der Waals surface area contributed by atoms with Gasteiger partial charge < -0.3 is 10.0 Å². The van der Waals surface area contributed by atoms with Gasteiger partial charge in [0.15, 0.2) is 0 Å². The Balaban J connectivity index is 1.84. The predicted octanol–water partition coefficient (Wildman–Crippen LogP) is 2.56. The van der Waals surface area contributed by atoms with Gasteiger partial charge in [-0.05, 0) is 30.0 Å². The van der Waals surface area contributed by atoms with E-state index in [0.717, 1.165) is 51.3 Å². The van der Waals surface area contributed by atoms with Gasteiger partial charge in [-0.3, -0.25) is 4.90 Å². The van der Waals surface area contributed by atoms with Crippen LogP contribution in [-0.2, 0) is 6.42 Å². The summed E-state index contributed by atoms with van der Waals surface area (Å²) in [6.07, 6.45) is 0.737. The molecule has 1 aromatic carbocycles. The largest absolute Gasteiger partial charge is 0.387 e. The first-order valence-electron chi connectivity index (χ1n) is 8.30. The van der Waals surface area contributed by atoms with Crippen LogP contribution < -0.4 is 0 Å². The van der Waals surface area contributed by atoms with Crippen LogP contribution in [0.25, 0.3) is 0 Å². The minimum absolute atomic E-state index is 0.369. The van der Waals surface area contributed by atoms with Crippen molar-refractivity contribution in [3.8, 4) is 0 Å². The SMILES string of the molecule is CCN1CCN(CC(O)c2ccc(CC(C)C)cc2)CC1. The van der Waals surface area contributed by atoms with E-state index in [9.17, 15) is 5.11 Å². The average molecular weight is 290 g/mol. The van der Waals surface area contributed by atoms with Gasteiger partial charge in [-0.15, -0.1) is 0 Å². The van der Waals surface area contributed by atoms with Crippen molar-refractivity contribution >= 4 is 0 Å². The molecule has 1 N–H and O–H groups in total. The van der Waals surface area contributed by atoms with E-state index in [4.69, 9.17) is 0 Å². The van der Waals surface area contributed by atoms with E-state index < -0.39 is 0 Å². The van der Waals surface area contributed by atoms with E-state index in [2.05, 4.69) is 54.8 Å². The van der Waals surface area contributed by atoms with Crippen molar-refractivity contribution in [2.24, 2.45) is 5.92 Å². The Hall–Kier alpha value is -0.900. The zero-order valence-corrected chi connectivity index (χ0v) is 13.8. The van der Waals surface area contributed by atoms with E-state index in [0.29, 0.717) is 5.92 Å². The van der Waals surface area contributed by atoms with Gasteiger partial charge in [0, 0.05) is 32.7 Å². The Morgan fingerprint density at radius 2 is 1.57 bits per heavy atom. The molecular weight excluding hydrogens is 260 g/mol. The molecule has 1 fully saturated rings. The van der Waals surface area contributed by atoms with Crippen molar-refractivity contribution in [2.45, 2.75) is 33.3 Å². The fourth-order valence-electron chi connectivity index (χ4n) is 2.99. The van der Waals surface area contributed by atoms with Crippen molar-refractivity contribution in [1.29, 1.82) is 0 Å². The van der Waals surface area contributed by atoms with Crippen LogP contribution in [0.15, 0.2) is 24.3 Å². The van der Waals surface area contributed by atoms with Crippen LogP contribution in [0.1, 0.15) is 38.0 Å². The van der Waals surface area contributed by atoms with Gasteiger partial charge in [-0.2, -0.15) is 0 Å². The van der Waals surface area contributed by atoms with E-state index in [1.54, 1.807) is 0 Å². The molecule has 1 aromatic rings. The van der Waals surface area contributed by atoms with E-state index in [1.165, 1.54) is 5.56 Å². The second kappa shape index (κ2) is 7.92. The van der Waals surface area contributed by atoms with Crippen LogP contribution in [0.2, 0.25) is 0 Å². The Bertz CT molecular complexity index is 408. The molecule has 1 atom stereocenters. The summed E-state index contributed by atoms with van der Waals surface area (Å²) in [5.41, 5.74) is 2.40. The number of hydrogen-bond acceptors (Lipinski definition) is 3. The van der Waals surface area contributed by atoms with Crippen LogP contribution in [0.5, 0.6) is 0 Å². The molecule has 3 heteroatoms. The lowest BCUT2D eigenvalue weighted by Gasteiger charge is -2.35. The van der Waals surface area contributed by atoms with Gasteiger partial charge in [0.1, 0.15) is 0 Å². The number of β-amino-alcohol motifs (C(OH)–C–C–N with tert-alkyl or cyclic N) is 1. The third-order valence-electron chi connectivity index (χ3n) is 4.35. The van der Waals surface area contributed by atoms with E-state index in [-0.39, 0.29) is 6.10 Å². The van der Waals surface area contributed by atoms with Gasteiger partial charge in [-0.1, -0.05) is 45.0 Å². The molecule has 0 saturated carbocycles. The van der Waals surface area contributed by atoms with Gasteiger partial charge in [0.05, 0.1) is 6.10 Å². The third kappa shape index (κ3) is 5.10. The minimum Gasteiger partial charge on any atom is -0.387 e. The van der Waals surface area contributed by atoms with Gasteiger partial charge in [0.25, 0.3) is 0 Å². The fourth-order valence-corrected chi connectivity index (χ4v) is 2.99. The highest BCUT2D eigenvalue weighted by atomic mass is 16.3. The molecule has 1 aliphatic heterocycles. The highest BCUT2D eigenvalue weighted by Crippen LogP contribution is 2.17. The average Bonchev–Trinajstić information content (AvgIpc) is 2.48. The monoisotopic (exact) mass is 290 g/mol. The Morgan fingerprint density at radius 1 is 1.00 bits per heavy atom. The number of likely N-dealkylation sites (N-methyl/N-ethyl adjacent to an activating group) is 1. The molecule has 118 valence electrons. The second-order valence-electron chi connectivity index (χ2n) is 6.59. The molecule has 0 aliphatic carbocycles. The summed E-state index contributed by atoms with van der Waals surface area (Å²) in [7, 11) is 0. The van der Waals surface area contributed by atoms with Crippen molar-refractivity contribution in [1.82, 2.24) is 9.80 Å². The highest BCUT2D eigenvalue weighted by molar-refractivity contribution is 5.24. The van der Waals surface area contributed by atoms with Crippen molar-refractivity contribution in [2.75, 3.05) is 39.3 Å². The number of aliphatic hydroxyl groups is 1. The van der Waals surface area contributed by atoms with Crippen molar-refractivity contribution < 1.29 is 5.11 Å². The first-order chi connectivity index (χ1) is 10.1. The Morgan fingerprint density at radius 3 is 2.10 bits per heavy atom. The molecule has 0 spiro atoms. The number of hydrogen-bond donors (Lipinski definition) is 1. The summed E-state index contributed by atoms with van der Waals surface area (Å²) >= 11 is 0. The minimum atomic E-state index is -0.369. The van der Waals surface area contributed by atoms with Crippen LogP contribution >= 0.6 is 0 Å². The summed E-state index contributed by atoms with van der Waals surface area (Å²) in [5.74, 6) is 0.677. The molecule has 0 bridgehead atoms. The van der Waals surface area contributed by atoms with Crippen LogP contribution in [0.3, 0.4) is 0 Å². The second-order valence-corrected chi connectivity index (χ2v) is 6.59. The maximum atomic E-state index is 10.4. The number of aliphatic hydroxyl groups excluding tert-OH is 1. The number of nitrogens with zero attached hydrogens (tertiary/aromatic N) is 2. The molecule has 1 saturated heterocycles. The zero-order chi connectivity index (χ0) is 15.2. The molecule has 0 aromatic heterocycles. The predicted molar refractivity (Wildman–Crippen MR) is 88.5 cm³/mol. The maximum Gasteiger partial charge on any atom is 0.0916 e. The lowest BCUT2D eigenvalue weighted by atomic mass is 10.00. The Kier molecular flexibility index (Phi) is 6.22. The molecule has 3 nitrogen and oxygen atoms in total. The van der Waals surface area contributed by atoms with Gasteiger partial charge in [-0.25, -0.2) is 0 Å². The summed E-state index contributed by atoms with van der Waals surface area (Å²) in [6.45, 7) is 12.9. The molecular formula is C18H30N2O. The Labute approximate surface area is 129 Å². The summed E-state index contributed by atoms with van der Waals surface area (Å²) in [5, 5.41) is 10.4. The molecule has 1 heterocycles. The van der Waals surface area contributed by atoms with E-state index in [1.807, 2.05) is 0 Å². The normalized spacial score (nSPS) is 19.1. The molecule has 0 amide bonds. The number of rotatable bonds is 6. The lowest BCUT2D eigenvalue weighted by Crippen LogP contribution is -2.47. The molecule has 1 aliphatic rings. The summed E-state index contributed by atoms with van der Waals surface area (Å²) in [6, 6.07) is 8.50. The van der Waals surface area contributed by atoms with Crippen LogP contribution in [0, 0.1) is 5.92 Å². The summed E-state index contributed by atoms with van der Waals surface area (Å²) in [4.78, 5) is 4.84. The first-order valence-corrected chi connectivity index (χ1v) is 8.30. The van der Waals surface area contributed by atoms with Crippen LogP contribution in [-0.4, -0.2) is 54.2 Å². The standard InChI is InChI=1S/C18H30N2O/c1-4-19-9-11-20(12-10-19)14-18(21)17-7-5-16(6-8-17)13-15(2)3/h5-8,15,18,21H,4,9-14H2,1-3H3. The highest BCUT2D eigenvalue weighted by Gasteiger charge is 2.18. The maximum absolute atomic E-state index is 10.4. The third-order valence-corrected chi connectivity index (χ3v) is 4.35. The topological polar surface area (TPSA) is 26.7 Å². The number of benzene rings is 1. The van der Waals surface area contributed by atoms with Crippen molar-refractivity contribution in [3.63, 3.8) is 0 Å². The fraction of sp³-hybridized carbons (Fsp3) is 0.667. The molecule has 0 radical (unpaired) electrons. The van der Waals surface area contributed by atoms with Crippen LogP contribution in [0.4, 0.5) is 0 Å². The molecule has 1 unspecified atom stereocenters. The first kappa shape index (κ1) is 16.5. The molecule has 2 rings (SSSR count). The smallest absolute Gasteiger partial charge is 0.0916 e. The quantitative estimate of drug-likeness (QED) is 0.872. The van der Waals surface area contributed by atoms with E-state index >= 15 is 0 Å². The van der Waals surface area contributed by atoms with Gasteiger partial charge in [0.2, 0.25) is 0 Å². The van der Waals surface area contributed by atoms with Crippen molar-refractivity contribution in [3.05, 3.63) is 35.4 Å². The lowest BCUT2D eigenvalue weighted by molar-refractivity contribution is 0.0744. The summed E-state index contributed by atoms with van der Waals surface area (Å²) < 4.78 is 0. The van der Waals surface area contributed by atoms with Gasteiger partial charge >= 0.3 is 0 Å². The zero-order valence-electron chi connectivity index (χ0n) is 13.8. The number of piperazine rings is 1. The molecule has 21 heavy (non-hydrogen) atoms.